The summed E-state index contributed by atoms with van der Waals surface area (Å²) in [7, 11) is 0. The Morgan fingerprint density at radius 3 is 2.28 bits per heavy atom. The molecule has 1 aliphatic carbocycles. The van der Waals surface area contributed by atoms with E-state index in [1.165, 1.54) is 45.4 Å². The molecular weight excluding hydrogens is 220 g/mol. The molecule has 2 N–H and O–H groups in total. The minimum Gasteiger partial charge on any atom is -0.316 e. The molecule has 1 saturated carbocycles. The summed E-state index contributed by atoms with van der Waals surface area (Å²) in [5.41, 5.74) is 1.55. The van der Waals surface area contributed by atoms with Crippen LogP contribution in [0.15, 0.2) is 0 Å². The van der Waals surface area contributed by atoms with Gasteiger partial charge in [-0.3, -0.25) is 0 Å². The lowest BCUT2D eigenvalue weighted by Gasteiger charge is -2.37. The molecule has 0 spiro atoms. The van der Waals surface area contributed by atoms with Crippen LogP contribution in [0.4, 0.5) is 0 Å². The van der Waals surface area contributed by atoms with Gasteiger partial charge in [0.15, 0.2) is 0 Å². The lowest BCUT2D eigenvalue weighted by atomic mass is 9.78. The van der Waals surface area contributed by atoms with Crippen LogP contribution >= 0.6 is 0 Å². The van der Waals surface area contributed by atoms with Gasteiger partial charge in [-0.15, -0.1) is 0 Å². The third-order valence-corrected chi connectivity index (χ3v) is 6.48. The molecule has 1 saturated heterocycles. The predicted octanol–water partition coefficient (Wildman–Crippen LogP) is 3.04. The Morgan fingerprint density at radius 2 is 1.83 bits per heavy atom. The Bertz CT molecular complexity index is 273. The van der Waals surface area contributed by atoms with Gasteiger partial charge in [0.1, 0.15) is 0 Å². The second-order valence-corrected chi connectivity index (χ2v) is 7.76. The van der Waals surface area contributed by atoms with E-state index in [1.807, 2.05) is 0 Å². The summed E-state index contributed by atoms with van der Waals surface area (Å²) >= 11 is 0. The van der Waals surface area contributed by atoms with Gasteiger partial charge >= 0.3 is 0 Å². The van der Waals surface area contributed by atoms with Crippen molar-refractivity contribution in [1.29, 1.82) is 0 Å². The maximum absolute atomic E-state index is 3.78. The summed E-state index contributed by atoms with van der Waals surface area (Å²) in [6.45, 7) is 16.8. The van der Waals surface area contributed by atoms with Crippen molar-refractivity contribution in [2.75, 3.05) is 26.2 Å². The zero-order valence-corrected chi connectivity index (χ0v) is 13.0. The van der Waals surface area contributed by atoms with E-state index in [0.29, 0.717) is 16.2 Å². The highest BCUT2D eigenvalue weighted by molar-refractivity contribution is 5.12. The van der Waals surface area contributed by atoms with E-state index in [2.05, 4.69) is 45.3 Å². The summed E-state index contributed by atoms with van der Waals surface area (Å²) in [4.78, 5) is 0. The zero-order chi connectivity index (χ0) is 13.4. The van der Waals surface area contributed by atoms with Crippen LogP contribution in [0.25, 0.3) is 0 Å². The fourth-order valence-corrected chi connectivity index (χ4v) is 3.93. The molecule has 0 aromatic carbocycles. The summed E-state index contributed by atoms with van der Waals surface area (Å²) < 4.78 is 0. The van der Waals surface area contributed by atoms with Gasteiger partial charge in [0.05, 0.1) is 0 Å². The van der Waals surface area contributed by atoms with Gasteiger partial charge in [-0.05, 0) is 54.5 Å². The molecule has 0 amide bonds. The van der Waals surface area contributed by atoms with Crippen LogP contribution in [0.3, 0.4) is 0 Å². The quantitative estimate of drug-likeness (QED) is 0.786. The minimum atomic E-state index is 0.515. The standard InChI is InChI=1S/C16H32N2/c1-6-16(8-7-9-17-11-16)12-18-10-13-14(2,3)15(13,4)5/h13,17-18H,6-12H2,1-5H3. The summed E-state index contributed by atoms with van der Waals surface area (Å²) in [5, 5.41) is 7.35. The lowest BCUT2D eigenvalue weighted by Crippen LogP contribution is -2.46. The highest BCUT2D eigenvalue weighted by Crippen LogP contribution is 2.67. The van der Waals surface area contributed by atoms with E-state index in [0.717, 1.165) is 5.92 Å². The Kier molecular flexibility index (Phi) is 3.81. The molecule has 1 aliphatic heterocycles. The second kappa shape index (κ2) is 4.79. The molecule has 2 fully saturated rings. The van der Waals surface area contributed by atoms with Crippen molar-refractivity contribution >= 4 is 0 Å². The molecule has 2 nitrogen and oxygen atoms in total. The van der Waals surface area contributed by atoms with Gasteiger partial charge in [0.2, 0.25) is 0 Å². The molecule has 0 radical (unpaired) electrons. The summed E-state index contributed by atoms with van der Waals surface area (Å²) in [6, 6.07) is 0. The maximum Gasteiger partial charge on any atom is 0.00200 e. The van der Waals surface area contributed by atoms with Crippen molar-refractivity contribution in [1.82, 2.24) is 10.6 Å². The SMILES string of the molecule is CCC1(CNCC2C(C)(C)C2(C)C)CCCNC1. The molecule has 1 unspecified atom stereocenters. The molecule has 1 atom stereocenters. The number of hydrogen-bond acceptors (Lipinski definition) is 2. The van der Waals surface area contributed by atoms with Gasteiger partial charge in [-0.2, -0.15) is 0 Å². The fraction of sp³-hybridized carbons (Fsp3) is 1.00. The van der Waals surface area contributed by atoms with Crippen molar-refractivity contribution in [3.63, 3.8) is 0 Å². The Hall–Kier alpha value is -0.0800. The van der Waals surface area contributed by atoms with Crippen LogP contribution in [0.2, 0.25) is 0 Å². The fourth-order valence-electron chi connectivity index (χ4n) is 3.93. The van der Waals surface area contributed by atoms with E-state index in [9.17, 15) is 0 Å². The first-order valence-electron chi connectivity index (χ1n) is 7.77. The molecule has 2 heteroatoms. The largest absolute Gasteiger partial charge is 0.316 e. The van der Waals surface area contributed by atoms with Gasteiger partial charge in [-0.25, -0.2) is 0 Å². The summed E-state index contributed by atoms with van der Waals surface area (Å²) in [5.74, 6) is 0.843. The number of rotatable bonds is 5. The second-order valence-electron chi connectivity index (χ2n) is 7.76. The monoisotopic (exact) mass is 252 g/mol. The molecule has 18 heavy (non-hydrogen) atoms. The molecule has 0 aromatic heterocycles. The molecule has 2 aliphatic rings. The van der Waals surface area contributed by atoms with Crippen molar-refractivity contribution in [3.05, 3.63) is 0 Å². The first kappa shape index (κ1) is 14.3. The maximum atomic E-state index is 3.78. The predicted molar refractivity (Wildman–Crippen MR) is 78.7 cm³/mol. The average molecular weight is 252 g/mol. The van der Waals surface area contributed by atoms with Crippen LogP contribution in [0, 0.1) is 22.2 Å². The average Bonchev–Trinajstić information content (AvgIpc) is 2.73. The van der Waals surface area contributed by atoms with Crippen LogP contribution < -0.4 is 10.6 Å². The molecule has 106 valence electrons. The van der Waals surface area contributed by atoms with Crippen LogP contribution in [0.5, 0.6) is 0 Å². The number of piperidine rings is 1. The topological polar surface area (TPSA) is 24.1 Å². The first-order chi connectivity index (χ1) is 8.36. The van der Waals surface area contributed by atoms with Crippen LogP contribution in [-0.4, -0.2) is 26.2 Å². The van der Waals surface area contributed by atoms with Crippen molar-refractivity contribution in [2.24, 2.45) is 22.2 Å². The van der Waals surface area contributed by atoms with Crippen molar-refractivity contribution in [2.45, 2.75) is 53.9 Å². The van der Waals surface area contributed by atoms with E-state index in [-0.39, 0.29) is 0 Å². The van der Waals surface area contributed by atoms with Crippen molar-refractivity contribution < 1.29 is 0 Å². The third-order valence-electron chi connectivity index (χ3n) is 6.48. The normalized spacial score (nSPS) is 34.5. The molecule has 1 heterocycles. The Labute approximate surface area is 113 Å². The Balaban J connectivity index is 1.78. The molecular formula is C16H32N2. The minimum absolute atomic E-state index is 0.515. The lowest BCUT2D eigenvalue weighted by molar-refractivity contribution is 0.191. The van der Waals surface area contributed by atoms with E-state index >= 15 is 0 Å². The van der Waals surface area contributed by atoms with E-state index in [4.69, 9.17) is 0 Å². The molecule has 0 bridgehead atoms. The zero-order valence-electron chi connectivity index (χ0n) is 13.0. The van der Waals surface area contributed by atoms with Gasteiger partial charge in [-0.1, -0.05) is 34.6 Å². The smallest absolute Gasteiger partial charge is 0.00200 e. The van der Waals surface area contributed by atoms with Gasteiger partial charge in [0.25, 0.3) is 0 Å². The van der Waals surface area contributed by atoms with E-state index < -0.39 is 0 Å². The third kappa shape index (κ3) is 2.34. The van der Waals surface area contributed by atoms with Crippen molar-refractivity contribution in [3.8, 4) is 0 Å². The highest BCUT2D eigenvalue weighted by atomic mass is 15.0. The number of hydrogen-bond donors (Lipinski definition) is 2. The Morgan fingerprint density at radius 1 is 1.17 bits per heavy atom. The van der Waals surface area contributed by atoms with E-state index in [1.54, 1.807) is 0 Å². The number of nitrogens with one attached hydrogen (secondary N) is 2. The van der Waals surface area contributed by atoms with Gasteiger partial charge in [0, 0.05) is 13.1 Å². The van der Waals surface area contributed by atoms with Crippen LogP contribution in [-0.2, 0) is 0 Å². The first-order valence-corrected chi connectivity index (χ1v) is 7.77. The van der Waals surface area contributed by atoms with Gasteiger partial charge < -0.3 is 10.6 Å². The summed E-state index contributed by atoms with van der Waals surface area (Å²) in [6.07, 6.45) is 4.03. The molecule has 2 rings (SSSR count). The van der Waals surface area contributed by atoms with Crippen LogP contribution in [0.1, 0.15) is 53.9 Å². The highest BCUT2D eigenvalue weighted by Gasteiger charge is 2.63. The molecule has 0 aromatic rings.